The Morgan fingerprint density at radius 3 is 1.82 bits per heavy atom. The number of aliphatic hydroxyl groups is 1. The summed E-state index contributed by atoms with van der Waals surface area (Å²) in [4.78, 5) is 0. The maximum absolute atomic E-state index is 8.59. The van der Waals surface area contributed by atoms with E-state index in [-0.39, 0.29) is 12.2 Å². The first-order valence-electron chi connectivity index (χ1n) is 4.49. The molecule has 0 rings (SSSR count). The zero-order valence-electron chi connectivity index (χ0n) is 7.89. The van der Waals surface area contributed by atoms with Gasteiger partial charge in [-0.2, -0.15) is 0 Å². The maximum Gasteiger partial charge on any atom is 0.0705 e. The van der Waals surface area contributed by atoms with Crippen LogP contribution in [-0.4, -0.2) is 23.9 Å². The van der Waals surface area contributed by atoms with Crippen LogP contribution in [-0.2, 0) is 4.74 Å². The average molecular weight is 160 g/mol. The van der Waals surface area contributed by atoms with Crippen molar-refractivity contribution in [3.8, 4) is 0 Å². The van der Waals surface area contributed by atoms with Crippen LogP contribution in [0.15, 0.2) is 0 Å². The molecule has 2 nitrogen and oxygen atoms in total. The van der Waals surface area contributed by atoms with E-state index in [1.807, 2.05) is 0 Å². The lowest BCUT2D eigenvalue weighted by atomic mass is 9.94. The lowest BCUT2D eigenvalue weighted by Gasteiger charge is -2.30. The van der Waals surface area contributed by atoms with Gasteiger partial charge in [-0.1, -0.05) is 20.8 Å². The summed E-state index contributed by atoms with van der Waals surface area (Å²) in [7, 11) is 0. The van der Waals surface area contributed by atoms with Crippen molar-refractivity contribution in [3.63, 3.8) is 0 Å². The first kappa shape index (κ1) is 10.9. The van der Waals surface area contributed by atoms with Crippen molar-refractivity contribution in [3.05, 3.63) is 0 Å². The molecule has 0 heterocycles. The van der Waals surface area contributed by atoms with Crippen molar-refractivity contribution in [2.24, 2.45) is 0 Å². The first-order valence-corrected chi connectivity index (χ1v) is 4.49. The van der Waals surface area contributed by atoms with Gasteiger partial charge in [-0.15, -0.1) is 0 Å². The highest BCUT2D eigenvalue weighted by Crippen LogP contribution is 2.23. The van der Waals surface area contributed by atoms with Gasteiger partial charge in [0, 0.05) is 0 Å². The summed E-state index contributed by atoms with van der Waals surface area (Å²) in [5.74, 6) is 0. The lowest BCUT2D eigenvalue weighted by molar-refractivity contribution is -0.0657. The van der Waals surface area contributed by atoms with Gasteiger partial charge in [0.1, 0.15) is 0 Å². The van der Waals surface area contributed by atoms with E-state index in [2.05, 4.69) is 20.8 Å². The summed E-state index contributed by atoms with van der Waals surface area (Å²) in [6, 6.07) is 0. The number of rotatable bonds is 6. The van der Waals surface area contributed by atoms with Crippen LogP contribution in [0.4, 0.5) is 0 Å². The Balaban J connectivity index is 3.84. The smallest absolute Gasteiger partial charge is 0.0705 e. The van der Waals surface area contributed by atoms with Crippen molar-refractivity contribution in [1.29, 1.82) is 0 Å². The number of hydrogen-bond donors (Lipinski definition) is 1. The highest BCUT2D eigenvalue weighted by Gasteiger charge is 2.23. The van der Waals surface area contributed by atoms with Crippen LogP contribution >= 0.6 is 0 Å². The molecule has 0 aromatic rings. The van der Waals surface area contributed by atoms with Crippen molar-refractivity contribution in [1.82, 2.24) is 0 Å². The fourth-order valence-electron chi connectivity index (χ4n) is 1.32. The predicted molar refractivity (Wildman–Crippen MR) is 46.6 cm³/mol. The Morgan fingerprint density at radius 1 is 1.09 bits per heavy atom. The first-order chi connectivity index (χ1) is 5.24. The van der Waals surface area contributed by atoms with Crippen molar-refractivity contribution >= 4 is 0 Å². The maximum atomic E-state index is 8.59. The number of hydrogen-bond acceptors (Lipinski definition) is 2. The summed E-state index contributed by atoms with van der Waals surface area (Å²) in [5.41, 5.74) is 0.0166. The van der Waals surface area contributed by atoms with Crippen LogP contribution in [0.3, 0.4) is 0 Å². The second-order valence-electron chi connectivity index (χ2n) is 2.82. The quantitative estimate of drug-likeness (QED) is 0.643. The number of ether oxygens (including phenoxy) is 1. The second kappa shape index (κ2) is 5.56. The molecule has 11 heavy (non-hydrogen) atoms. The zero-order valence-corrected chi connectivity index (χ0v) is 7.89. The van der Waals surface area contributed by atoms with Crippen LogP contribution in [0, 0.1) is 0 Å². The zero-order chi connectivity index (χ0) is 8.74. The minimum Gasteiger partial charge on any atom is -0.394 e. The van der Waals surface area contributed by atoms with Crippen LogP contribution in [0.2, 0.25) is 0 Å². The molecule has 0 saturated carbocycles. The normalized spacial score (nSPS) is 12.0. The van der Waals surface area contributed by atoms with Gasteiger partial charge >= 0.3 is 0 Å². The van der Waals surface area contributed by atoms with E-state index in [1.165, 1.54) is 0 Å². The molecule has 68 valence electrons. The van der Waals surface area contributed by atoms with E-state index >= 15 is 0 Å². The standard InChI is InChI=1S/C9H20O2/c1-4-9(5-2,6-3)11-8-7-10/h10H,4-8H2,1-3H3. The van der Waals surface area contributed by atoms with Gasteiger partial charge in [0.2, 0.25) is 0 Å². The van der Waals surface area contributed by atoms with Gasteiger partial charge in [0.15, 0.2) is 0 Å². The minimum absolute atomic E-state index is 0.0166. The highest BCUT2D eigenvalue weighted by molar-refractivity contribution is 4.75. The summed E-state index contributed by atoms with van der Waals surface area (Å²) in [6.45, 7) is 6.98. The third-order valence-electron chi connectivity index (χ3n) is 2.43. The predicted octanol–water partition coefficient (Wildman–Crippen LogP) is 1.96. The Bertz CT molecular complexity index is 79.3. The molecule has 0 atom stereocenters. The molecule has 0 radical (unpaired) electrons. The fraction of sp³-hybridized carbons (Fsp3) is 1.00. The van der Waals surface area contributed by atoms with Gasteiger partial charge in [0.25, 0.3) is 0 Å². The molecular formula is C9H20O2. The van der Waals surface area contributed by atoms with E-state index in [9.17, 15) is 0 Å². The SMILES string of the molecule is CCC(CC)(CC)OCCO. The molecule has 0 aromatic heterocycles. The molecule has 0 aromatic carbocycles. The van der Waals surface area contributed by atoms with E-state index in [1.54, 1.807) is 0 Å². The molecule has 0 fully saturated rings. The topological polar surface area (TPSA) is 29.5 Å². The van der Waals surface area contributed by atoms with Crippen molar-refractivity contribution in [2.45, 2.75) is 45.6 Å². The second-order valence-corrected chi connectivity index (χ2v) is 2.82. The molecule has 0 bridgehead atoms. The molecule has 2 heteroatoms. The average Bonchev–Trinajstić information content (AvgIpc) is 2.08. The molecule has 1 N–H and O–H groups in total. The molecule has 0 unspecified atom stereocenters. The van der Waals surface area contributed by atoms with E-state index < -0.39 is 0 Å². The van der Waals surface area contributed by atoms with E-state index in [0.29, 0.717) is 6.61 Å². The molecule has 0 aliphatic carbocycles. The van der Waals surface area contributed by atoms with Crippen LogP contribution in [0.5, 0.6) is 0 Å². The third kappa shape index (κ3) is 3.21. The molecule has 0 aliphatic rings. The van der Waals surface area contributed by atoms with Gasteiger partial charge in [-0.3, -0.25) is 0 Å². The van der Waals surface area contributed by atoms with E-state index in [0.717, 1.165) is 19.3 Å². The van der Waals surface area contributed by atoms with Crippen LogP contribution in [0.1, 0.15) is 40.0 Å². The molecular weight excluding hydrogens is 140 g/mol. The van der Waals surface area contributed by atoms with Crippen LogP contribution < -0.4 is 0 Å². The lowest BCUT2D eigenvalue weighted by Crippen LogP contribution is -2.31. The number of aliphatic hydroxyl groups excluding tert-OH is 1. The van der Waals surface area contributed by atoms with Gasteiger partial charge in [-0.05, 0) is 19.3 Å². The van der Waals surface area contributed by atoms with Gasteiger partial charge in [-0.25, -0.2) is 0 Å². The van der Waals surface area contributed by atoms with Crippen molar-refractivity contribution in [2.75, 3.05) is 13.2 Å². The van der Waals surface area contributed by atoms with Gasteiger partial charge < -0.3 is 9.84 Å². The highest BCUT2D eigenvalue weighted by atomic mass is 16.5. The molecule has 0 aliphatic heterocycles. The summed E-state index contributed by atoms with van der Waals surface area (Å²) in [6.07, 6.45) is 3.08. The Morgan fingerprint density at radius 2 is 1.55 bits per heavy atom. The molecule has 0 saturated heterocycles. The summed E-state index contributed by atoms with van der Waals surface area (Å²) >= 11 is 0. The monoisotopic (exact) mass is 160 g/mol. The Hall–Kier alpha value is -0.0800. The molecule has 0 amide bonds. The van der Waals surface area contributed by atoms with Crippen LogP contribution in [0.25, 0.3) is 0 Å². The summed E-state index contributed by atoms with van der Waals surface area (Å²) in [5, 5.41) is 8.59. The van der Waals surface area contributed by atoms with E-state index in [4.69, 9.17) is 9.84 Å². The molecule has 0 spiro atoms. The van der Waals surface area contributed by atoms with Crippen molar-refractivity contribution < 1.29 is 9.84 Å². The minimum atomic E-state index is 0.0166. The largest absolute Gasteiger partial charge is 0.394 e. The fourth-order valence-corrected chi connectivity index (χ4v) is 1.32. The van der Waals surface area contributed by atoms with Gasteiger partial charge in [0.05, 0.1) is 18.8 Å². The Kier molecular flexibility index (Phi) is 5.51. The Labute approximate surface area is 69.6 Å². The third-order valence-corrected chi connectivity index (χ3v) is 2.43. The summed E-state index contributed by atoms with van der Waals surface area (Å²) < 4.78 is 5.58.